The van der Waals surface area contributed by atoms with Crippen molar-refractivity contribution in [3.05, 3.63) is 95.9 Å². The van der Waals surface area contributed by atoms with Crippen molar-refractivity contribution in [1.29, 1.82) is 0 Å². The van der Waals surface area contributed by atoms with Crippen molar-refractivity contribution >= 4 is 11.9 Å². The van der Waals surface area contributed by atoms with Crippen LogP contribution in [0.25, 0.3) is 0 Å². The fourth-order valence-electron chi connectivity index (χ4n) is 2.83. The predicted octanol–water partition coefficient (Wildman–Crippen LogP) is 3.16. The number of nitrogens with one attached hydrogen (secondary N) is 3. The molecule has 27 heavy (non-hydrogen) atoms. The number of imide groups is 1. The third kappa shape index (κ3) is 4.62. The van der Waals surface area contributed by atoms with Crippen LogP contribution < -0.4 is 16.0 Å². The van der Waals surface area contributed by atoms with Crippen molar-refractivity contribution < 1.29 is 14.0 Å². The Morgan fingerprint density at radius 1 is 0.852 bits per heavy atom. The van der Waals surface area contributed by atoms with Crippen LogP contribution in [0.1, 0.15) is 29.0 Å². The Bertz CT molecular complexity index is 864. The van der Waals surface area contributed by atoms with E-state index >= 15 is 0 Å². The molecule has 0 aliphatic carbocycles. The lowest BCUT2D eigenvalue weighted by Gasteiger charge is -2.24. The molecule has 3 rings (SSSR count). The molecule has 0 aliphatic heterocycles. The first-order valence-electron chi connectivity index (χ1n) is 8.61. The SMILES string of the molecule is CNC(=O)NC(=O)[C@@H](N[C@H](c1ccccc1)c1ccco1)c1ccccc1. The van der Waals surface area contributed by atoms with Gasteiger partial charge in [0.25, 0.3) is 0 Å². The van der Waals surface area contributed by atoms with E-state index in [-0.39, 0.29) is 6.04 Å². The maximum atomic E-state index is 12.8. The molecule has 0 fully saturated rings. The van der Waals surface area contributed by atoms with E-state index in [0.29, 0.717) is 5.76 Å². The molecule has 3 amide bonds. The van der Waals surface area contributed by atoms with E-state index in [9.17, 15) is 9.59 Å². The van der Waals surface area contributed by atoms with Gasteiger partial charge in [-0.05, 0) is 23.3 Å². The fourth-order valence-corrected chi connectivity index (χ4v) is 2.83. The maximum absolute atomic E-state index is 12.8. The number of furan rings is 1. The van der Waals surface area contributed by atoms with Gasteiger partial charge in [-0.1, -0.05) is 60.7 Å². The van der Waals surface area contributed by atoms with Gasteiger partial charge in [0.2, 0.25) is 5.91 Å². The van der Waals surface area contributed by atoms with Crippen LogP contribution >= 0.6 is 0 Å². The molecular weight excluding hydrogens is 342 g/mol. The lowest BCUT2D eigenvalue weighted by atomic mass is 10.00. The monoisotopic (exact) mass is 363 g/mol. The standard InChI is InChI=1S/C21H21N3O3/c1-22-21(26)24-20(25)19(16-11-6-3-7-12-16)23-18(17-13-8-14-27-17)15-9-4-2-5-10-15/h2-14,18-19,23H,1H3,(H2,22,24,25,26)/t18-,19+/m1/s1. The van der Waals surface area contributed by atoms with Crippen molar-refractivity contribution in [1.82, 2.24) is 16.0 Å². The van der Waals surface area contributed by atoms with Gasteiger partial charge in [-0.2, -0.15) is 0 Å². The van der Waals surface area contributed by atoms with Crippen LogP contribution in [0.5, 0.6) is 0 Å². The summed E-state index contributed by atoms with van der Waals surface area (Å²) in [5.74, 6) is 0.225. The van der Waals surface area contributed by atoms with Crippen LogP contribution in [0, 0.1) is 0 Å². The molecular formula is C21H21N3O3. The zero-order valence-electron chi connectivity index (χ0n) is 14.9. The summed E-state index contributed by atoms with van der Waals surface area (Å²) in [6, 6.07) is 20.9. The zero-order valence-corrected chi connectivity index (χ0v) is 14.9. The number of hydrogen-bond acceptors (Lipinski definition) is 4. The van der Waals surface area contributed by atoms with Crippen LogP contribution in [0.2, 0.25) is 0 Å². The number of carbonyl (C=O) groups excluding carboxylic acids is 2. The molecule has 0 unspecified atom stereocenters. The molecule has 2 atom stereocenters. The molecule has 6 heteroatoms. The zero-order chi connectivity index (χ0) is 19.1. The molecule has 0 radical (unpaired) electrons. The maximum Gasteiger partial charge on any atom is 0.321 e. The van der Waals surface area contributed by atoms with Gasteiger partial charge in [0, 0.05) is 7.05 Å². The fraction of sp³-hybridized carbons (Fsp3) is 0.143. The van der Waals surface area contributed by atoms with Crippen molar-refractivity contribution in [3.8, 4) is 0 Å². The molecule has 138 valence electrons. The molecule has 0 saturated heterocycles. The second-order valence-electron chi connectivity index (χ2n) is 5.94. The Labute approximate surface area is 157 Å². The van der Waals surface area contributed by atoms with Gasteiger partial charge in [0.05, 0.1) is 12.3 Å². The van der Waals surface area contributed by atoms with Crippen LogP contribution in [0.3, 0.4) is 0 Å². The first-order chi connectivity index (χ1) is 13.2. The normalized spacial score (nSPS) is 12.8. The summed E-state index contributed by atoms with van der Waals surface area (Å²) in [5, 5.41) is 8.08. The summed E-state index contributed by atoms with van der Waals surface area (Å²) in [6.07, 6.45) is 1.59. The average Bonchev–Trinajstić information content (AvgIpc) is 3.24. The van der Waals surface area contributed by atoms with E-state index in [2.05, 4.69) is 16.0 Å². The highest BCUT2D eigenvalue weighted by molar-refractivity contribution is 5.97. The van der Waals surface area contributed by atoms with Crippen molar-refractivity contribution in [2.75, 3.05) is 7.05 Å². The van der Waals surface area contributed by atoms with Gasteiger partial charge >= 0.3 is 6.03 Å². The van der Waals surface area contributed by atoms with E-state index < -0.39 is 18.0 Å². The summed E-state index contributed by atoms with van der Waals surface area (Å²) in [4.78, 5) is 24.4. The molecule has 0 aliphatic rings. The molecule has 3 N–H and O–H groups in total. The van der Waals surface area contributed by atoms with E-state index in [1.165, 1.54) is 7.05 Å². The minimum atomic E-state index is -0.751. The second kappa shape index (κ2) is 8.82. The van der Waals surface area contributed by atoms with Crippen molar-refractivity contribution in [2.24, 2.45) is 0 Å². The summed E-state index contributed by atoms with van der Waals surface area (Å²) >= 11 is 0. The molecule has 0 spiro atoms. The van der Waals surface area contributed by atoms with Crippen molar-refractivity contribution in [3.63, 3.8) is 0 Å². The first-order valence-corrected chi connectivity index (χ1v) is 8.61. The number of benzene rings is 2. The van der Waals surface area contributed by atoms with Crippen LogP contribution in [-0.4, -0.2) is 19.0 Å². The Kier molecular flexibility index (Phi) is 6.02. The van der Waals surface area contributed by atoms with E-state index in [0.717, 1.165) is 11.1 Å². The largest absolute Gasteiger partial charge is 0.467 e. The Morgan fingerprint density at radius 3 is 2.04 bits per heavy atom. The number of urea groups is 1. The summed E-state index contributed by atoms with van der Waals surface area (Å²) in [6.45, 7) is 0. The van der Waals surface area contributed by atoms with Gasteiger partial charge < -0.3 is 9.73 Å². The third-order valence-electron chi connectivity index (χ3n) is 4.15. The predicted molar refractivity (Wildman–Crippen MR) is 102 cm³/mol. The molecule has 6 nitrogen and oxygen atoms in total. The van der Waals surface area contributed by atoms with Crippen molar-refractivity contribution in [2.45, 2.75) is 12.1 Å². The molecule has 0 bridgehead atoms. The number of amides is 3. The average molecular weight is 363 g/mol. The molecule has 0 saturated carbocycles. The minimum absolute atomic E-state index is 0.359. The van der Waals surface area contributed by atoms with Gasteiger partial charge in [-0.3, -0.25) is 15.4 Å². The lowest BCUT2D eigenvalue weighted by Crippen LogP contribution is -2.45. The minimum Gasteiger partial charge on any atom is -0.467 e. The number of carbonyl (C=O) groups is 2. The van der Waals surface area contributed by atoms with Gasteiger partial charge in [0.1, 0.15) is 11.8 Å². The first kappa shape index (κ1) is 18.4. The van der Waals surface area contributed by atoms with E-state index in [1.54, 1.807) is 12.3 Å². The summed E-state index contributed by atoms with van der Waals surface area (Å²) in [5.41, 5.74) is 1.69. The van der Waals surface area contributed by atoms with E-state index in [1.807, 2.05) is 66.7 Å². The topological polar surface area (TPSA) is 83.4 Å². The smallest absolute Gasteiger partial charge is 0.321 e. The van der Waals surface area contributed by atoms with Crippen LogP contribution in [-0.2, 0) is 4.79 Å². The molecule has 1 heterocycles. The van der Waals surface area contributed by atoms with Crippen LogP contribution in [0.15, 0.2) is 83.5 Å². The van der Waals surface area contributed by atoms with Gasteiger partial charge in [-0.25, -0.2) is 4.79 Å². The van der Waals surface area contributed by atoms with Crippen LogP contribution in [0.4, 0.5) is 4.79 Å². The quantitative estimate of drug-likeness (QED) is 0.628. The lowest BCUT2D eigenvalue weighted by molar-refractivity contribution is -0.122. The summed E-state index contributed by atoms with van der Waals surface area (Å²) < 4.78 is 5.60. The molecule has 3 aromatic rings. The van der Waals surface area contributed by atoms with Gasteiger partial charge in [-0.15, -0.1) is 0 Å². The van der Waals surface area contributed by atoms with Gasteiger partial charge in [0.15, 0.2) is 0 Å². The Hall–Kier alpha value is -3.38. The van der Waals surface area contributed by atoms with E-state index in [4.69, 9.17) is 4.42 Å². The highest BCUT2D eigenvalue weighted by atomic mass is 16.3. The Morgan fingerprint density at radius 2 is 1.48 bits per heavy atom. The summed E-state index contributed by atoms with van der Waals surface area (Å²) in [7, 11) is 1.46. The number of hydrogen-bond donors (Lipinski definition) is 3. The third-order valence-corrected chi connectivity index (χ3v) is 4.15. The highest BCUT2D eigenvalue weighted by Gasteiger charge is 2.27. The molecule has 2 aromatic carbocycles. The molecule has 1 aromatic heterocycles. The Balaban J connectivity index is 1.95. The number of rotatable bonds is 6. The second-order valence-corrected chi connectivity index (χ2v) is 5.94. The highest BCUT2D eigenvalue weighted by Crippen LogP contribution is 2.26.